The Balaban J connectivity index is 1.57. The second kappa shape index (κ2) is 6.58. The highest BCUT2D eigenvalue weighted by Crippen LogP contribution is 2.10. The Labute approximate surface area is 100.0 Å². The largest absolute Gasteiger partial charge is 0.316 e. The van der Waals surface area contributed by atoms with Gasteiger partial charge in [-0.3, -0.25) is 0 Å². The predicted molar refractivity (Wildman–Crippen MR) is 68.7 cm³/mol. The molecule has 2 N–H and O–H groups in total. The first-order valence-corrected chi connectivity index (χ1v) is 7.01. The average molecular weight is 225 g/mol. The molecule has 0 aromatic carbocycles. The zero-order chi connectivity index (χ0) is 11.2. The van der Waals surface area contributed by atoms with E-state index in [1.165, 1.54) is 65.0 Å². The molecule has 2 atom stereocenters. The first kappa shape index (κ1) is 12.3. The third-order valence-corrected chi connectivity index (χ3v) is 3.88. The quantitative estimate of drug-likeness (QED) is 0.732. The fourth-order valence-electron chi connectivity index (χ4n) is 2.88. The number of rotatable bonds is 5. The van der Waals surface area contributed by atoms with Crippen molar-refractivity contribution < 1.29 is 0 Å². The molecule has 2 saturated heterocycles. The van der Waals surface area contributed by atoms with Crippen molar-refractivity contribution in [2.24, 2.45) is 5.92 Å². The lowest BCUT2D eigenvalue weighted by atomic mass is 9.99. The summed E-state index contributed by atoms with van der Waals surface area (Å²) < 4.78 is 0. The zero-order valence-corrected chi connectivity index (χ0v) is 10.7. The van der Waals surface area contributed by atoms with Crippen molar-refractivity contribution >= 4 is 0 Å². The molecule has 94 valence electrons. The van der Waals surface area contributed by atoms with Gasteiger partial charge in [-0.05, 0) is 71.2 Å². The zero-order valence-electron chi connectivity index (χ0n) is 10.7. The Morgan fingerprint density at radius 1 is 1.31 bits per heavy atom. The van der Waals surface area contributed by atoms with Gasteiger partial charge in [-0.25, -0.2) is 0 Å². The lowest BCUT2D eigenvalue weighted by Crippen LogP contribution is -2.43. The molecule has 2 unspecified atom stereocenters. The normalized spacial score (nSPS) is 29.4. The van der Waals surface area contributed by atoms with Crippen LogP contribution in [-0.4, -0.2) is 50.2 Å². The van der Waals surface area contributed by atoms with Gasteiger partial charge >= 0.3 is 0 Å². The van der Waals surface area contributed by atoms with Crippen molar-refractivity contribution in [1.82, 2.24) is 15.5 Å². The predicted octanol–water partition coefficient (Wildman–Crippen LogP) is 1.06. The van der Waals surface area contributed by atoms with Crippen LogP contribution in [0.15, 0.2) is 0 Å². The van der Waals surface area contributed by atoms with Gasteiger partial charge in [0.05, 0.1) is 0 Å². The van der Waals surface area contributed by atoms with E-state index in [2.05, 4.69) is 22.5 Å². The maximum Gasteiger partial charge on any atom is 0.0166 e. The monoisotopic (exact) mass is 225 g/mol. The Morgan fingerprint density at radius 3 is 2.81 bits per heavy atom. The summed E-state index contributed by atoms with van der Waals surface area (Å²) >= 11 is 0. The summed E-state index contributed by atoms with van der Waals surface area (Å²) in [7, 11) is 0. The molecule has 2 aliphatic heterocycles. The van der Waals surface area contributed by atoms with Crippen LogP contribution in [-0.2, 0) is 0 Å². The fraction of sp³-hybridized carbons (Fsp3) is 1.00. The Bertz CT molecular complexity index is 184. The summed E-state index contributed by atoms with van der Waals surface area (Å²) in [4.78, 5) is 2.59. The van der Waals surface area contributed by atoms with Crippen molar-refractivity contribution in [1.29, 1.82) is 0 Å². The van der Waals surface area contributed by atoms with Crippen LogP contribution in [0.25, 0.3) is 0 Å². The molecule has 0 amide bonds. The van der Waals surface area contributed by atoms with Crippen molar-refractivity contribution in [2.45, 2.75) is 38.6 Å². The summed E-state index contributed by atoms with van der Waals surface area (Å²) in [5.74, 6) is 0.856. The van der Waals surface area contributed by atoms with Gasteiger partial charge in [-0.1, -0.05) is 0 Å². The van der Waals surface area contributed by atoms with Gasteiger partial charge in [0, 0.05) is 12.6 Å². The van der Waals surface area contributed by atoms with Crippen LogP contribution in [0.5, 0.6) is 0 Å². The number of piperidine rings is 1. The van der Waals surface area contributed by atoms with Crippen molar-refractivity contribution in [3.05, 3.63) is 0 Å². The first-order chi connectivity index (χ1) is 7.84. The van der Waals surface area contributed by atoms with Crippen LogP contribution < -0.4 is 10.6 Å². The maximum atomic E-state index is 3.70. The third kappa shape index (κ3) is 4.04. The summed E-state index contributed by atoms with van der Waals surface area (Å²) in [6, 6.07) is 0.653. The van der Waals surface area contributed by atoms with E-state index < -0.39 is 0 Å². The van der Waals surface area contributed by atoms with Crippen LogP contribution in [0, 0.1) is 5.92 Å². The van der Waals surface area contributed by atoms with Gasteiger partial charge in [0.1, 0.15) is 0 Å². The number of hydrogen-bond donors (Lipinski definition) is 2. The van der Waals surface area contributed by atoms with E-state index in [0.717, 1.165) is 5.92 Å². The molecule has 2 aliphatic rings. The Kier molecular flexibility index (Phi) is 5.07. The highest BCUT2D eigenvalue weighted by atomic mass is 15.2. The molecular formula is C13H27N3. The molecule has 0 radical (unpaired) electrons. The topological polar surface area (TPSA) is 27.3 Å². The van der Waals surface area contributed by atoms with E-state index in [9.17, 15) is 0 Å². The maximum absolute atomic E-state index is 3.70. The molecule has 3 nitrogen and oxygen atoms in total. The summed E-state index contributed by atoms with van der Waals surface area (Å²) in [6.07, 6.45) is 5.56. The Morgan fingerprint density at radius 2 is 2.12 bits per heavy atom. The van der Waals surface area contributed by atoms with Gasteiger partial charge in [-0.15, -0.1) is 0 Å². The molecule has 2 rings (SSSR count). The second-order valence-corrected chi connectivity index (χ2v) is 5.53. The molecule has 2 heterocycles. The third-order valence-electron chi connectivity index (χ3n) is 3.88. The summed E-state index contributed by atoms with van der Waals surface area (Å²) in [5.41, 5.74) is 0. The highest BCUT2D eigenvalue weighted by molar-refractivity contribution is 4.76. The molecule has 0 aromatic heterocycles. The van der Waals surface area contributed by atoms with Crippen LogP contribution in [0.2, 0.25) is 0 Å². The molecular weight excluding hydrogens is 198 g/mol. The highest BCUT2D eigenvalue weighted by Gasteiger charge is 2.16. The Hall–Kier alpha value is -0.120. The van der Waals surface area contributed by atoms with Crippen molar-refractivity contribution in [3.8, 4) is 0 Å². The van der Waals surface area contributed by atoms with Crippen LogP contribution >= 0.6 is 0 Å². The van der Waals surface area contributed by atoms with Gasteiger partial charge in [0.25, 0.3) is 0 Å². The minimum atomic E-state index is 0.653. The van der Waals surface area contributed by atoms with E-state index in [0.29, 0.717) is 6.04 Å². The average Bonchev–Trinajstić information content (AvgIpc) is 2.81. The van der Waals surface area contributed by atoms with Gasteiger partial charge in [0.15, 0.2) is 0 Å². The molecule has 16 heavy (non-hydrogen) atoms. The van der Waals surface area contributed by atoms with Crippen LogP contribution in [0.4, 0.5) is 0 Å². The lowest BCUT2D eigenvalue weighted by Gasteiger charge is -2.26. The van der Waals surface area contributed by atoms with E-state index >= 15 is 0 Å². The fourth-order valence-corrected chi connectivity index (χ4v) is 2.88. The SMILES string of the molecule is CC(CN1CCCC1)NCC1CCCNC1. The minimum absolute atomic E-state index is 0.653. The van der Waals surface area contributed by atoms with Crippen LogP contribution in [0.3, 0.4) is 0 Å². The standard InChI is InChI=1S/C13H27N3/c1-12(11-16-7-2-3-8-16)15-10-13-5-4-6-14-9-13/h12-15H,2-11H2,1H3. The molecule has 0 spiro atoms. The van der Waals surface area contributed by atoms with Gasteiger partial charge in [-0.2, -0.15) is 0 Å². The molecule has 0 aliphatic carbocycles. The van der Waals surface area contributed by atoms with E-state index in [4.69, 9.17) is 0 Å². The minimum Gasteiger partial charge on any atom is -0.316 e. The lowest BCUT2D eigenvalue weighted by molar-refractivity contribution is 0.281. The van der Waals surface area contributed by atoms with E-state index in [1.807, 2.05) is 0 Å². The molecule has 0 aromatic rings. The number of nitrogens with zero attached hydrogens (tertiary/aromatic N) is 1. The number of hydrogen-bond acceptors (Lipinski definition) is 3. The van der Waals surface area contributed by atoms with E-state index in [1.54, 1.807) is 0 Å². The van der Waals surface area contributed by atoms with Gasteiger partial charge in [0.2, 0.25) is 0 Å². The number of likely N-dealkylation sites (tertiary alicyclic amines) is 1. The number of nitrogens with one attached hydrogen (secondary N) is 2. The molecule has 0 bridgehead atoms. The second-order valence-electron chi connectivity index (χ2n) is 5.53. The van der Waals surface area contributed by atoms with Gasteiger partial charge < -0.3 is 15.5 Å². The molecule has 0 saturated carbocycles. The summed E-state index contributed by atoms with van der Waals surface area (Å²) in [5, 5.41) is 7.18. The first-order valence-electron chi connectivity index (χ1n) is 7.01. The molecule has 2 fully saturated rings. The smallest absolute Gasteiger partial charge is 0.0166 e. The van der Waals surface area contributed by atoms with E-state index in [-0.39, 0.29) is 0 Å². The van der Waals surface area contributed by atoms with Crippen LogP contribution in [0.1, 0.15) is 32.6 Å². The van der Waals surface area contributed by atoms with Crippen molar-refractivity contribution in [3.63, 3.8) is 0 Å². The molecule has 3 heteroatoms. The van der Waals surface area contributed by atoms with Crippen molar-refractivity contribution in [2.75, 3.05) is 39.3 Å². The summed E-state index contributed by atoms with van der Waals surface area (Å²) in [6.45, 7) is 9.83.